The molecule has 0 aliphatic rings. The minimum atomic E-state index is 0.758. The Hall–Kier alpha value is -1.28. The number of nitrogens with one attached hydrogen (secondary N) is 1. The van der Waals surface area contributed by atoms with Crippen LogP contribution in [0.2, 0.25) is 0 Å². The lowest BCUT2D eigenvalue weighted by molar-refractivity contribution is 0.535. The average molecular weight is 217 g/mol. The fourth-order valence-electron chi connectivity index (χ4n) is 1.78. The molecule has 0 saturated carbocycles. The van der Waals surface area contributed by atoms with E-state index < -0.39 is 0 Å². The second kappa shape index (κ2) is 5.17. The average Bonchev–Trinajstić information content (AvgIpc) is 2.68. The lowest BCUT2D eigenvalue weighted by Crippen LogP contribution is -2.15. The first-order chi connectivity index (χ1) is 7.77. The number of hydrogen-bond acceptors (Lipinski definition) is 2. The van der Waals surface area contributed by atoms with Crippen molar-refractivity contribution in [2.75, 3.05) is 6.54 Å². The van der Waals surface area contributed by atoms with Gasteiger partial charge in [0.2, 0.25) is 0 Å². The Kier molecular flexibility index (Phi) is 3.62. The Morgan fingerprint density at radius 1 is 1.25 bits per heavy atom. The van der Waals surface area contributed by atoms with Gasteiger partial charge in [-0.25, -0.2) is 0 Å². The van der Waals surface area contributed by atoms with Crippen LogP contribution in [0.1, 0.15) is 25.8 Å². The van der Waals surface area contributed by atoms with Crippen molar-refractivity contribution in [2.45, 2.75) is 26.8 Å². The van der Waals surface area contributed by atoms with Crippen LogP contribution in [0.4, 0.5) is 0 Å². The van der Waals surface area contributed by atoms with Crippen molar-refractivity contribution >= 4 is 11.0 Å². The van der Waals surface area contributed by atoms with Gasteiger partial charge in [-0.1, -0.05) is 32.0 Å². The highest BCUT2D eigenvalue weighted by molar-refractivity contribution is 5.80. The van der Waals surface area contributed by atoms with E-state index in [1.807, 2.05) is 18.4 Å². The monoisotopic (exact) mass is 217 g/mol. The van der Waals surface area contributed by atoms with E-state index in [-0.39, 0.29) is 0 Å². The predicted octanol–water partition coefficient (Wildman–Crippen LogP) is 3.57. The van der Waals surface area contributed by atoms with E-state index in [1.54, 1.807) is 0 Å². The Balaban J connectivity index is 1.94. The quantitative estimate of drug-likeness (QED) is 0.774. The fourth-order valence-corrected chi connectivity index (χ4v) is 1.78. The molecule has 0 fully saturated rings. The van der Waals surface area contributed by atoms with Crippen LogP contribution in [0.25, 0.3) is 11.0 Å². The van der Waals surface area contributed by atoms with E-state index in [4.69, 9.17) is 4.42 Å². The molecule has 1 aromatic heterocycles. The van der Waals surface area contributed by atoms with Gasteiger partial charge in [0, 0.05) is 17.5 Å². The lowest BCUT2D eigenvalue weighted by atomic mass is 10.1. The number of benzene rings is 1. The van der Waals surface area contributed by atoms with Crippen LogP contribution in [0, 0.1) is 5.92 Å². The number of hydrogen-bond donors (Lipinski definition) is 1. The largest absolute Gasteiger partial charge is 0.464 e. The van der Waals surface area contributed by atoms with Crippen molar-refractivity contribution in [2.24, 2.45) is 5.92 Å². The third kappa shape index (κ3) is 2.64. The summed E-state index contributed by atoms with van der Waals surface area (Å²) >= 11 is 0. The molecule has 16 heavy (non-hydrogen) atoms. The van der Waals surface area contributed by atoms with E-state index in [9.17, 15) is 0 Å². The number of rotatable bonds is 5. The first-order valence-corrected chi connectivity index (χ1v) is 5.93. The first kappa shape index (κ1) is 11.2. The van der Waals surface area contributed by atoms with E-state index in [0.29, 0.717) is 0 Å². The first-order valence-electron chi connectivity index (χ1n) is 5.93. The highest BCUT2D eigenvalue weighted by Gasteiger charge is 2.03. The second-order valence-corrected chi connectivity index (χ2v) is 4.62. The van der Waals surface area contributed by atoms with Crippen molar-refractivity contribution in [1.82, 2.24) is 5.32 Å². The van der Waals surface area contributed by atoms with E-state index in [2.05, 4.69) is 31.3 Å². The molecule has 0 atom stereocenters. The zero-order valence-corrected chi connectivity index (χ0v) is 9.99. The molecule has 0 amide bonds. The zero-order chi connectivity index (χ0) is 11.4. The zero-order valence-electron chi connectivity index (χ0n) is 9.99. The molecule has 1 heterocycles. The van der Waals surface area contributed by atoms with Crippen LogP contribution in [0.3, 0.4) is 0 Å². The Morgan fingerprint density at radius 2 is 2.06 bits per heavy atom. The van der Waals surface area contributed by atoms with Gasteiger partial charge >= 0.3 is 0 Å². The summed E-state index contributed by atoms with van der Waals surface area (Å²) in [7, 11) is 0. The molecular formula is C14H19NO. The standard InChI is InChI=1S/C14H19NO/c1-11(2)7-8-15-9-12-10-16-14-6-4-3-5-13(12)14/h3-6,10-11,15H,7-9H2,1-2H3. The van der Waals surface area contributed by atoms with E-state index in [0.717, 1.165) is 24.6 Å². The van der Waals surface area contributed by atoms with Crippen LogP contribution >= 0.6 is 0 Å². The van der Waals surface area contributed by atoms with Gasteiger partial charge < -0.3 is 9.73 Å². The Labute approximate surface area is 96.6 Å². The maximum atomic E-state index is 5.49. The van der Waals surface area contributed by atoms with Gasteiger partial charge in [0.25, 0.3) is 0 Å². The maximum Gasteiger partial charge on any atom is 0.134 e. The summed E-state index contributed by atoms with van der Waals surface area (Å²) in [6.07, 6.45) is 3.07. The minimum absolute atomic E-state index is 0.758. The van der Waals surface area contributed by atoms with Crippen LogP contribution < -0.4 is 5.32 Å². The summed E-state index contributed by atoms with van der Waals surface area (Å²) in [4.78, 5) is 0. The van der Waals surface area contributed by atoms with Gasteiger partial charge in [0.1, 0.15) is 5.58 Å². The van der Waals surface area contributed by atoms with Crippen molar-refractivity contribution in [1.29, 1.82) is 0 Å². The van der Waals surface area contributed by atoms with Gasteiger partial charge in [-0.2, -0.15) is 0 Å². The highest BCUT2D eigenvalue weighted by atomic mass is 16.3. The molecule has 0 bridgehead atoms. The molecule has 86 valence electrons. The minimum Gasteiger partial charge on any atom is -0.464 e. The molecule has 0 saturated heterocycles. The van der Waals surface area contributed by atoms with E-state index >= 15 is 0 Å². The normalized spacial score (nSPS) is 11.4. The predicted molar refractivity (Wildman–Crippen MR) is 67.4 cm³/mol. The third-order valence-electron chi connectivity index (χ3n) is 2.78. The molecule has 1 aromatic carbocycles. The number of furan rings is 1. The van der Waals surface area contributed by atoms with E-state index in [1.165, 1.54) is 17.4 Å². The smallest absolute Gasteiger partial charge is 0.134 e. The molecule has 1 N–H and O–H groups in total. The SMILES string of the molecule is CC(C)CCNCc1coc2ccccc12. The van der Waals surface area contributed by atoms with Crippen molar-refractivity contribution in [3.8, 4) is 0 Å². The summed E-state index contributed by atoms with van der Waals surface area (Å²) in [5.74, 6) is 0.758. The third-order valence-corrected chi connectivity index (χ3v) is 2.78. The highest BCUT2D eigenvalue weighted by Crippen LogP contribution is 2.20. The summed E-state index contributed by atoms with van der Waals surface area (Å²) in [5, 5.41) is 4.67. The summed E-state index contributed by atoms with van der Waals surface area (Å²) < 4.78 is 5.49. The molecule has 0 aliphatic heterocycles. The second-order valence-electron chi connectivity index (χ2n) is 4.62. The van der Waals surface area contributed by atoms with Gasteiger partial charge in [-0.3, -0.25) is 0 Å². The van der Waals surface area contributed by atoms with Crippen molar-refractivity contribution < 1.29 is 4.42 Å². The molecule has 0 aliphatic carbocycles. The molecule has 2 heteroatoms. The van der Waals surface area contributed by atoms with Gasteiger partial charge in [0.15, 0.2) is 0 Å². The summed E-state index contributed by atoms with van der Waals surface area (Å²) in [6.45, 7) is 6.45. The Morgan fingerprint density at radius 3 is 2.88 bits per heavy atom. The molecule has 0 spiro atoms. The topological polar surface area (TPSA) is 25.2 Å². The molecular weight excluding hydrogens is 198 g/mol. The maximum absolute atomic E-state index is 5.49. The molecule has 0 radical (unpaired) electrons. The van der Waals surface area contributed by atoms with Crippen LogP contribution in [-0.4, -0.2) is 6.54 Å². The van der Waals surface area contributed by atoms with Crippen molar-refractivity contribution in [3.05, 3.63) is 36.1 Å². The summed E-state index contributed by atoms with van der Waals surface area (Å²) in [6, 6.07) is 8.17. The fraction of sp³-hybridized carbons (Fsp3) is 0.429. The lowest BCUT2D eigenvalue weighted by Gasteiger charge is -2.05. The summed E-state index contributed by atoms with van der Waals surface area (Å²) in [5.41, 5.74) is 2.22. The molecule has 2 aromatic rings. The van der Waals surface area contributed by atoms with Crippen LogP contribution in [0.5, 0.6) is 0 Å². The number of fused-ring (bicyclic) bond motifs is 1. The van der Waals surface area contributed by atoms with Gasteiger partial charge in [-0.15, -0.1) is 0 Å². The van der Waals surface area contributed by atoms with Gasteiger partial charge in [0.05, 0.1) is 6.26 Å². The van der Waals surface area contributed by atoms with Crippen LogP contribution in [-0.2, 0) is 6.54 Å². The van der Waals surface area contributed by atoms with Crippen molar-refractivity contribution in [3.63, 3.8) is 0 Å². The van der Waals surface area contributed by atoms with Gasteiger partial charge in [-0.05, 0) is 24.9 Å². The Bertz CT molecular complexity index is 445. The molecule has 2 rings (SSSR count). The van der Waals surface area contributed by atoms with Crippen LogP contribution in [0.15, 0.2) is 34.9 Å². The molecule has 2 nitrogen and oxygen atoms in total. The molecule has 0 unspecified atom stereocenters. The number of para-hydroxylation sites is 1.